The van der Waals surface area contributed by atoms with Crippen molar-refractivity contribution in [3.8, 4) is 0 Å². The summed E-state index contributed by atoms with van der Waals surface area (Å²) in [5, 5.41) is 9.31. The smallest absolute Gasteiger partial charge is 0.319 e. The van der Waals surface area contributed by atoms with Crippen LogP contribution in [0.1, 0.15) is 29.6 Å². The van der Waals surface area contributed by atoms with Crippen LogP contribution in [0.5, 0.6) is 0 Å². The van der Waals surface area contributed by atoms with Crippen molar-refractivity contribution in [2.75, 3.05) is 11.9 Å². The Bertz CT molecular complexity index is 1020. The van der Waals surface area contributed by atoms with Crippen LogP contribution in [0.4, 0.5) is 14.9 Å². The molecular formula is C21H20FN5O3. The zero-order valence-electron chi connectivity index (χ0n) is 16.0. The second-order valence-electron chi connectivity index (χ2n) is 7.02. The van der Waals surface area contributed by atoms with Crippen LogP contribution in [0.3, 0.4) is 0 Å². The van der Waals surface area contributed by atoms with Gasteiger partial charge in [-0.15, -0.1) is 0 Å². The number of hydrogen-bond donors (Lipinski definition) is 2. The molecule has 154 valence electrons. The first kappa shape index (κ1) is 19.6. The molecule has 0 aliphatic carbocycles. The number of halogens is 1. The van der Waals surface area contributed by atoms with E-state index >= 15 is 0 Å². The van der Waals surface area contributed by atoms with Crippen molar-refractivity contribution in [2.24, 2.45) is 0 Å². The maximum atomic E-state index is 13.0. The van der Waals surface area contributed by atoms with E-state index in [1.165, 1.54) is 12.1 Å². The fourth-order valence-corrected chi connectivity index (χ4v) is 3.27. The number of anilines is 1. The van der Waals surface area contributed by atoms with Gasteiger partial charge in [-0.3, -0.25) is 4.79 Å². The van der Waals surface area contributed by atoms with Gasteiger partial charge in [-0.1, -0.05) is 35.5 Å². The van der Waals surface area contributed by atoms with Gasteiger partial charge in [-0.25, -0.2) is 9.18 Å². The lowest BCUT2D eigenvalue weighted by molar-refractivity contribution is -0.128. The van der Waals surface area contributed by atoms with E-state index in [2.05, 4.69) is 20.8 Å². The number of nitrogens with one attached hydrogen (secondary N) is 2. The van der Waals surface area contributed by atoms with Crippen molar-refractivity contribution in [2.45, 2.75) is 25.4 Å². The molecule has 0 saturated carbocycles. The number of nitrogens with zero attached hydrogens (tertiary/aromatic N) is 3. The van der Waals surface area contributed by atoms with Gasteiger partial charge in [0.15, 0.2) is 5.82 Å². The van der Waals surface area contributed by atoms with Crippen molar-refractivity contribution in [3.63, 3.8) is 0 Å². The molecule has 3 amide bonds. The highest BCUT2D eigenvalue weighted by Crippen LogP contribution is 2.27. The Hall–Kier alpha value is -3.75. The molecule has 2 heterocycles. The monoisotopic (exact) mass is 409 g/mol. The van der Waals surface area contributed by atoms with Crippen molar-refractivity contribution >= 4 is 17.6 Å². The standard InChI is InChI=1S/C21H20FN5O3/c22-16-8-6-14(7-9-16)12-27-13-15(10-19(27)28)20-25-18(30-26-20)11-23-21(29)24-17-4-2-1-3-5-17/h1-9,15H,10-13H2,(H2,23,24,29)/t15-/m0/s1. The van der Waals surface area contributed by atoms with Gasteiger partial charge in [0, 0.05) is 31.1 Å². The summed E-state index contributed by atoms with van der Waals surface area (Å²) in [6.07, 6.45) is 0.280. The number of likely N-dealkylation sites (tertiary alicyclic amines) is 1. The zero-order chi connectivity index (χ0) is 20.9. The molecule has 1 fully saturated rings. The molecule has 3 aromatic rings. The van der Waals surface area contributed by atoms with Gasteiger partial charge in [0.25, 0.3) is 0 Å². The van der Waals surface area contributed by atoms with E-state index in [4.69, 9.17) is 4.52 Å². The van der Waals surface area contributed by atoms with Crippen molar-refractivity contribution in [1.82, 2.24) is 20.4 Å². The molecule has 8 nitrogen and oxygen atoms in total. The average molecular weight is 409 g/mol. The lowest BCUT2D eigenvalue weighted by Gasteiger charge is -2.16. The molecule has 0 bridgehead atoms. The molecule has 2 N–H and O–H groups in total. The first-order valence-corrected chi connectivity index (χ1v) is 9.51. The van der Waals surface area contributed by atoms with Gasteiger partial charge in [-0.05, 0) is 29.8 Å². The van der Waals surface area contributed by atoms with Gasteiger partial charge in [-0.2, -0.15) is 4.98 Å². The number of carbonyl (C=O) groups is 2. The summed E-state index contributed by atoms with van der Waals surface area (Å²) in [6.45, 7) is 0.935. The minimum Gasteiger partial charge on any atom is -0.338 e. The summed E-state index contributed by atoms with van der Waals surface area (Å²) in [6, 6.07) is 14.7. The molecule has 2 aromatic carbocycles. The Labute approximate surface area is 172 Å². The summed E-state index contributed by atoms with van der Waals surface area (Å²) < 4.78 is 18.3. The third kappa shape index (κ3) is 4.80. The molecule has 1 aromatic heterocycles. The number of carbonyl (C=O) groups excluding carboxylic acids is 2. The highest BCUT2D eigenvalue weighted by atomic mass is 19.1. The van der Waals surface area contributed by atoms with Crippen LogP contribution in [0.15, 0.2) is 59.1 Å². The highest BCUT2D eigenvalue weighted by molar-refractivity contribution is 5.89. The maximum Gasteiger partial charge on any atom is 0.319 e. The molecule has 30 heavy (non-hydrogen) atoms. The highest BCUT2D eigenvalue weighted by Gasteiger charge is 2.33. The number of hydrogen-bond acceptors (Lipinski definition) is 5. The van der Waals surface area contributed by atoms with Crippen LogP contribution in [-0.2, 0) is 17.9 Å². The van der Waals surface area contributed by atoms with Gasteiger partial charge in [0.2, 0.25) is 11.8 Å². The molecule has 1 aliphatic heterocycles. The molecule has 9 heteroatoms. The number of rotatable bonds is 6. The topological polar surface area (TPSA) is 100 Å². The van der Waals surface area contributed by atoms with E-state index in [1.807, 2.05) is 18.2 Å². The lowest BCUT2D eigenvalue weighted by atomic mass is 10.1. The number of urea groups is 1. The van der Waals surface area contributed by atoms with Crippen molar-refractivity contribution in [1.29, 1.82) is 0 Å². The number of aromatic nitrogens is 2. The molecule has 0 spiro atoms. The summed E-state index contributed by atoms with van der Waals surface area (Å²) in [4.78, 5) is 30.3. The Morgan fingerprint density at radius 1 is 1.17 bits per heavy atom. The molecule has 1 aliphatic rings. The van der Waals surface area contributed by atoms with Crippen LogP contribution in [-0.4, -0.2) is 33.5 Å². The average Bonchev–Trinajstić information content (AvgIpc) is 3.36. The summed E-state index contributed by atoms with van der Waals surface area (Å²) in [5.41, 5.74) is 1.53. The third-order valence-electron chi connectivity index (χ3n) is 4.78. The second kappa shape index (κ2) is 8.73. The van der Waals surface area contributed by atoms with Crippen LogP contribution < -0.4 is 10.6 Å². The molecule has 0 radical (unpaired) electrons. The van der Waals surface area contributed by atoms with E-state index in [-0.39, 0.29) is 42.5 Å². The van der Waals surface area contributed by atoms with Crippen molar-refractivity contribution < 1.29 is 18.5 Å². The van der Waals surface area contributed by atoms with Crippen LogP contribution in [0.25, 0.3) is 0 Å². The van der Waals surface area contributed by atoms with Crippen LogP contribution >= 0.6 is 0 Å². The van der Waals surface area contributed by atoms with E-state index in [9.17, 15) is 14.0 Å². The first-order valence-electron chi connectivity index (χ1n) is 9.51. The minimum atomic E-state index is -0.387. The van der Waals surface area contributed by atoms with Gasteiger partial charge in [0.05, 0.1) is 6.54 Å². The fourth-order valence-electron chi connectivity index (χ4n) is 3.27. The quantitative estimate of drug-likeness (QED) is 0.652. The molecule has 1 saturated heterocycles. The molecule has 4 rings (SSSR count). The summed E-state index contributed by atoms with van der Waals surface area (Å²) in [7, 11) is 0. The minimum absolute atomic E-state index is 0.0176. The second-order valence-corrected chi connectivity index (χ2v) is 7.02. The molecule has 1 atom stereocenters. The SMILES string of the molecule is O=C(NCc1nc([C@H]2CC(=O)N(Cc3ccc(F)cc3)C2)no1)Nc1ccccc1. The fraction of sp³-hybridized carbons (Fsp3) is 0.238. The Balaban J connectivity index is 1.30. The van der Waals surface area contributed by atoms with Gasteiger partial charge in [0.1, 0.15) is 5.82 Å². The Kier molecular flexibility index (Phi) is 5.69. The number of benzene rings is 2. The number of amides is 3. The van der Waals surface area contributed by atoms with Gasteiger partial charge >= 0.3 is 6.03 Å². The predicted octanol–water partition coefficient (Wildman–Crippen LogP) is 3.05. The van der Waals surface area contributed by atoms with Crippen LogP contribution in [0.2, 0.25) is 0 Å². The molecule has 0 unspecified atom stereocenters. The Morgan fingerprint density at radius 3 is 2.70 bits per heavy atom. The largest absolute Gasteiger partial charge is 0.338 e. The van der Waals surface area contributed by atoms with E-state index < -0.39 is 0 Å². The normalized spacial score (nSPS) is 16.0. The number of para-hydroxylation sites is 1. The summed E-state index contributed by atoms with van der Waals surface area (Å²) in [5.74, 6) is 0.183. The predicted molar refractivity (Wildman–Crippen MR) is 106 cm³/mol. The Morgan fingerprint density at radius 2 is 1.93 bits per heavy atom. The maximum absolute atomic E-state index is 13.0. The zero-order valence-corrected chi connectivity index (χ0v) is 16.0. The first-order chi connectivity index (χ1) is 14.6. The van der Waals surface area contributed by atoms with Gasteiger partial charge < -0.3 is 20.1 Å². The van der Waals surface area contributed by atoms with Crippen molar-refractivity contribution in [3.05, 3.63) is 77.7 Å². The van der Waals surface area contributed by atoms with E-state index in [0.717, 1.165) is 5.56 Å². The van der Waals surface area contributed by atoms with E-state index in [0.29, 0.717) is 24.6 Å². The summed E-state index contributed by atoms with van der Waals surface area (Å²) >= 11 is 0. The third-order valence-corrected chi connectivity index (χ3v) is 4.78. The molecular weight excluding hydrogens is 389 g/mol. The van der Waals surface area contributed by atoms with Crippen LogP contribution in [0, 0.1) is 5.82 Å². The van der Waals surface area contributed by atoms with E-state index in [1.54, 1.807) is 29.2 Å². The lowest BCUT2D eigenvalue weighted by Crippen LogP contribution is -2.28.